The van der Waals surface area contributed by atoms with Crippen LogP contribution < -0.4 is 10.1 Å². The number of ether oxygens (including phenoxy) is 1. The van der Waals surface area contributed by atoms with E-state index in [0.717, 1.165) is 30.7 Å². The number of aromatic nitrogens is 3. The van der Waals surface area contributed by atoms with Gasteiger partial charge in [-0.15, -0.1) is 0 Å². The van der Waals surface area contributed by atoms with E-state index in [2.05, 4.69) is 15.4 Å². The maximum Gasteiger partial charge on any atom is 0.255 e. The van der Waals surface area contributed by atoms with E-state index in [4.69, 9.17) is 4.74 Å². The molecule has 2 aliphatic carbocycles. The third-order valence-electron chi connectivity index (χ3n) is 5.37. The molecule has 0 aliphatic heterocycles. The maximum atomic E-state index is 12.5. The molecule has 2 fully saturated rings. The molecule has 2 saturated carbocycles. The van der Waals surface area contributed by atoms with Crippen molar-refractivity contribution in [3.63, 3.8) is 0 Å². The molecule has 0 bridgehead atoms. The zero-order valence-electron chi connectivity index (χ0n) is 15.3. The van der Waals surface area contributed by atoms with Crippen molar-refractivity contribution in [1.29, 1.82) is 0 Å². The number of amides is 1. The van der Waals surface area contributed by atoms with E-state index in [1.807, 2.05) is 23.7 Å². The minimum atomic E-state index is -0.0826. The highest BCUT2D eigenvalue weighted by Gasteiger charge is 2.23. The van der Waals surface area contributed by atoms with Crippen LogP contribution in [0.25, 0.3) is 0 Å². The van der Waals surface area contributed by atoms with Gasteiger partial charge in [-0.05, 0) is 44.1 Å². The SMILES string of the molecule is Cc1c(C(=O)NCc2ccc(OCC3CC3)nc2)cnn1C1CCCC1. The first-order valence-corrected chi connectivity index (χ1v) is 9.61. The van der Waals surface area contributed by atoms with Gasteiger partial charge in [0.2, 0.25) is 5.88 Å². The summed E-state index contributed by atoms with van der Waals surface area (Å²) in [5, 5.41) is 7.42. The molecule has 0 radical (unpaired) electrons. The molecule has 1 N–H and O–H groups in total. The quantitative estimate of drug-likeness (QED) is 0.827. The number of rotatable bonds is 7. The molecule has 2 heterocycles. The predicted molar refractivity (Wildman–Crippen MR) is 98.1 cm³/mol. The summed E-state index contributed by atoms with van der Waals surface area (Å²) in [4.78, 5) is 16.8. The molecule has 0 spiro atoms. The molecular formula is C20H26N4O2. The van der Waals surface area contributed by atoms with Crippen LogP contribution in [-0.2, 0) is 6.54 Å². The van der Waals surface area contributed by atoms with E-state index < -0.39 is 0 Å². The van der Waals surface area contributed by atoms with Gasteiger partial charge >= 0.3 is 0 Å². The van der Waals surface area contributed by atoms with Crippen molar-refractivity contribution in [3.05, 3.63) is 41.3 Å². The second-order valence-electron chi connectivity index (χ2n) is 7.47. The largest absolute Gasteiger partial charge is 0.477 e. The summed E-state index contributed by atoms with van der Waals surface area (Å²) in [7, 11) is 0. The van der Waals surface area contributed by atoms with Crippen molar-refractivity contribution < 1.29 is 9.53 Å². The standard InChI is InChI=1S/C20H26N4O2/c1-14-18(12-23-24(14)17-4-2-3-5-17)20(25)22-11-16-8-9-19(21-10-16)26-13-15-6-7-15/h8-10,12,15,17H,2-7,11,13H2,1H3,(H,22,25). The van der Waals surface area contributed by atoms with Crippen LogP contribution in [0.3, 0.4) is 0 Å². The number of nitrogens with one attached hydrogen (secondary N) is 1. The molecule has 138 valence electrons. The minimum Gasteiger partial charge on any atom is -0.477 e. The first-order valence-electron chi connectivity index (χ1n) is 9.61. The first kappa shape index (κ1) is 17.1. The van der Waals surface area contributed by atoms with Crippen molar-refractivity contribution in [2.24, 2.45) is 5.92 Å². The van der Waals surface area contributed by atoms with Crippen LogP contribution in [0.4, 0.5) is 0 Å². The zero-order chi connectivity index (χ0) is 17.9. The van der Waals surface area contributed by atoms with Gasteiger partial charge < -0.3 is 10.1 Å². The predicted octanol–water partition coefficient (Wildman–Crippen LogP) is 3.42. The number of hydrogen-bond acceptors (Lipinski definition) is 4. The highest BCUT2D eigenvalue weighted by atomic mass is 16.5. The van der Waals surface area contributed by atoms with Crippen LogP contribution >= 0.6 is 0 Å². The van der Waals surface area contributed by atoms with Crippen LogP contribution in [0.1, 0.15) is 66.2 Å². The van der Waals surface area contributed by atoms with E-state index in [0.29, 0.717) is 29.9 Å². The number of carbonyl (C=O) groups excluding carboxylic acids is 1. The molecule has 2 aromatic heterocycles. The van der Waals surface area contributed by atoms with Gasteiger partial charge in [-0.2, -0.15) is 5.10 Å². The Balaban J connectivity index is 1.31. The third-order valence-corrected chi connectivity index (χ3v) is 5.37. The third kappa shape index (κ3) is 3.89. The molecule has 1 amide bonds. The summed E-state index contributed by atoms with van der Waals surface area (Å²) in [6.07, 6.45) is 10.8. The second kappa shape index (κ2) is 7.48. The van der Waals surface area contributed by atoms with Gasteiger partial charge in [0.15, 0.2) is 0 Å². The molecule has 0 unspecified atom stereocenters. The van der Waals surface area contributed by atoms with E-state index in [-0.39, 0.29) is 5.91 Å². The van der Waals surface area contributed by atoms with Crippen molar-refractivity contribution in [1.82, 2.24) is 20.1 Å². The van der Waals surface area contributed by atoms with Gasteiger partial charge in [-0.25, -0.2) is 4.98 Å². The summed E-state index contributed by atoms with van der Waals surface area (Å²) >= 11 is 0. The van der Waals surface area contributed by atoms with Crippen LogP contribution in [0, 0.1) is 12.8 Å². The Morgan fingerprint density at radius 3 is 2.73 bits per heavy atom. The lowest BCUT2D eigenvalue weighted by atomic mass is 10.2. The van der Waals surface area contributed by atoms with E-state index in [9.17, 15) is 4.79 Å². The Kier molecular flexibility index (Phi) is 4.91. The van der Waals surface area contributed by atoms with Gasteiger partial charge in [0.1, 0.15) is 0 Å². The van der Waals surface area contributed by atoms with Crippen molar-refractivity contribution in [3.8, 4) is 5.88 Å². The van der Waals surface area contributed by atoms with Gasteiger partial charge in [-0.1, -0.05) is 18.9 Å². The molecule has 2 aromatic rings. The monoisotopic (exact) mass is 354 g/mol. The molecule has 2 aliphatic rings. The Hall–Kier alpha value is -2.37. The summed E-state index contributed by atoms with van der Waals surface area (Å²) in [5.41, 5.74) is 2.57. The van der Waals surface area contributed by atoms with E-state index >= 15 is 0 Å². The first-order chi connectivity index (χ1) is 12.7. The van der Waals surface area contributed by atoms with Crippen LogP contribution in [0.15, 0.2) is 24.5 Å². The van der Waals surface area contributed by atoms with Crippen molar-refractivity contribution >= 4 is 5.91 Å². The molecule has 26 heavy (non-hydrogen) atoms. The molecular weight excluding hydrogens is 328 g/mol. The van der Waals surface area contributed by atoms with Gasteiger partial charge in [0, 0.05) is 24.5 Å². The average Bonchev–Trinajstić information content (AvgIpc) is 3.17. The smallest absolute Gasteiger partial charge is 0.255 e. The van der Waals surface area contributed by atoms with Crippen molar-refractivity contribution in [2.45, 2.75) is 58.0 Å². The van der Waals surface area contributed by atoms with E-state index in [1.54, 1.807) is 12.4 Å². The summed E-state index contributed by atoms with van der Waals surface area (Å²) in [6, 6.07) is 4.27. The molecule has 4 rings (SSSR count). The fourth-order valence-electron chi connectivity index (χ4n) is 3.53. The maximum absolute atomic E-state index is 12.5. The summed E-state index contributed by atoms with van der Waals surface area (Å²) in [6.45, 7) is 3.18. The second-order valence-corrected chi connectivity index (χ2v) is 7.47. The van der Waals surface area contributed by atoms with Crippen LogP contribution in [0.5, 0.6) is 5.88 Å². The number of carbonyl (C=O) groups is 1. The molecule has 0 aromatic carbocycles. The fraction of sp³-hybridized carbons (Fsp3) is 0.550. The number of pyridine rings is 1. The topological polar surface area (TPSA) is 69.0 Å². The minimum absolute atomic E-state index is 0.0826. The summed E-state index contributed by atoms with van der Waals surface area (Å²) < 4.78 is 7.66. The highest BCUT2D eigenvalue weighted by Crippen LogP contribution is 2.30. The van der Waals surface area contributed by atoms with Crippen molar-refractivity contribution in [2.75, 3.05) is 6.61 Å². The Bertz CT molecular complexity index is 759. The lowest BCUT2D eigenvalue weighted by molar-refractivity contribution is 0.0950. The summed E-state index contributed by atoms with van der Waals surface area (Å²) in [5.74, 6) is 1.28. The zero-order valence-corrected chi connectivity index (χ0v) is 15.3. The Morgan fingerprint density at radius 2 is 2.04 bits per heavy atom. The van der Waals surface area contributed by atoms with Gasteiger partial charge in [-0.3, -0.25) is 9.48 Å². The molecule has 0 atom stereocenters. The molecule has 0 saturated heterocycles. The average molecular weight is 354 g/mol. The normalized spacial score (nSPS) is 17.4. The highest BCUT2D eigenvalue weighted by molar-refractivity contribution is 5.95. The van der Waals surface area contributed by atoms with E-state index in [1.165, 1.54) is 25.7 Å². The Morgan fingerprint density at radius 1 is 1.23 bits per heavy atom. The van der Waals surface area contributed by atoms with Gasteiger partial charge in [0.05, 0.1) is 24.4 Å². The Labute approximate surface area is 154 Å². The van der Waals surface area contributed by atoms with Crippen LogP contribution in [-0.4, -0.2) is 27.3 Å². The lowest BCUT2D eigenvalue weighted by Gasteiger charge is -2.12. The number of nitrogens with zero attached hydrogens (tertiary/aromatic N) is 3. The van der Waals surface area contributed by atoms with Gasteiger partial charge in [0.25, 0.3) is 5.91 Å². The molecule has 6 nitrogen and oxygen atoms in total. The molecule has 6 heteroatoms. The lowest BCUT2D eigenvalue weighted by Crippen LogP contribution is -2.23. The van der Waals surface area contributed by atoms with Crippen LogP contribution in [0.2, 0.25) is 0 Å². The fourth-order valence-corrected chi connectivity index (χ4v) is 3.53. The number of hydrogen-bond donors (Lipinski definition) is 1.